The van der Waals surface area contributed by atoms with E-state index < -0.39 is 33.3 Å². The van der Waals surface area contributed by atoms with Crippen LogP contribution in [0.1, 0.15) is 40.0 Å². The molecule has 0 saturated heterocycles. The number of hydrogen-bond acceptors (Lipinski definition) is 9. The number of alkyl halides is 1. The van der Waals surface area contributed by atoms with Crippen molar-refractivity contribution in [2.45, 2.75) is 47.4 Å². The van der Waals surface area contributed by atoms with Gasteiger partial charge in [0.15, 0.2) is 6.29 Å². The Balaban J connectivity index is 0.000000263. The molecule has 6 aromatic carbocycles. The zero-order valence-corrected chi connectivity index (χ0v) is 49.6. The van der Waals surface area contributed by atoms with E-state index in [4.69, 9.17) is 0 Å². The van der Waals surface area contributed by atoms with Crippen molar-refractivity contribution in [1.82, 2.24) is 11.9 Å². The number of benzene rings is 6. The molecule has 12 nitrogen and oxygen atoms in total. The average molecular weight is 1290 g/mol. The molecule has 3 aromatic heterocycles. The van der Waals surface area contributed by atoms with Gasteiger partial charge in [0.1, 0.15) is 0 Å². The molecular formula is C48H43BBr4N3NaO9PS3. The molecule has 0 spiro atoms. The Morgan fingerprint density at radius 3 is 1.14 bits per heavy atom. The first-order valence-corrected chi connectivity index (χ1v) is 33.4. The number of rotatable bonds is 9. The van der Waals surface area contributed by atoms with Crippen LogP contribution in [0.15, 0.2) is 178 Å². The third-order valence-electron chi connectivity index (χ3n) is 10.4. The SMILES string of the molecule is Cc1cc2c(C=O)cccc2n1S(=O)(=O)c1ccccc1.Cc1cc2c(CBr)cccc2n1S(=O)(=O)c1ccccc1.Cc1cc2c(CO)cccc2n1S(=O)(=O)c1ccccc1.O=P(Br)(Br)Br.[B].[H-].[Na+]. The Labute approximate surface area is 465 Å². The summed E-state index contributed by atoms with van der Waals surface area (Å²) >= 11 is 11.7. The largest absolute Gasteiger partial charge is 1.00 e. The van der Waals surface area contributed by atoms with Gasteiger partial charge in [-0.25, -0.2) is 37.2 Å². The van der Waals surface area contributed by atoms with Gasteiger partial charge < -0.3 is 6.53 Å². The first kappa shape index (κ1) is 59.2. The Hall–Kier alpha value is -3.37. The maximum absolute atomic E-state index is 12.9. The predicted molar refractivity (Wildman–Crippen MR) is 292 cm³/mol. The van der Waals surface area contributed by atoms with Gasteiger partial charge in [-0.2, -0.15) is 0 Å². The number of fused-ring (bicyclic) bond motifs is 3. The van der Waals surface area contributed by atoms with Crippen molar-refractivity contribution >= 4 is 143 Å². The van der Waals surface area contributed by atoms with Crippen molar-refractivity contribution in [2.24, 2.45) is 0 Å². The van der Waals surface area contributed by atoms with E-state index in [0.29, 0.717) is 54.8 Å². The monoisotopic (exact) mass is 1280 g/mol. The van der Waals surface area contributed by atoms with Gasteiger partial charge in [-0.15, -0.1) is 0 Å². The van der Waals surface area contributed by atoms with Gasteiger partial charge in [0, 0.05) is 99.0 Å². The zero-order chi connectivity index (χ0) is 49.6. The maximum atomic E-state index is 12.9. The Kier molecular flexibility index (Phi) is 21.2. The van der Waals surface area contributed by atoms with E-state index in [2.05, 4.69) is 62.4 Å². The van der Waals surface area contributed by atoms with Gasteiger partial charge in [0.2, 0.25) is 0 Å². The molecule has 22 heteroatoms. The van der Waals surface area contributed by atoms with Crippen molar-refractivity contribution in [3.63, 3.8) is 0 Å². The maximum Gasteiger partial charge on any atom is 1.00 e. The Morgan fingerprint density at radius 2 is 0.814 bits per heavy atom. The van der Waals surface area contributed by atoms with Gasteiger partial charge in [-0.3, -0.25) is 9.36 Å². The fourth-order valence-electron chi connectivity index (χ4n) is 7.57. The van der Waals surface area contributed by atoms with E-state index >= 15 is 0 Å². The molecule has 3 heterocycles. The van der Waals surface area contributed by atoms with Crippen LogP contribution in [0.4, 0.5) is 0 Å². The second kappa shape index (κ2) is 25.0. The van der Waals surface area contributed by atoms with Gasteiger partial charge >= 0.3 is 29.6 Å². The molecule has 0 aliphatic rings. The van der Waals surface area contributed by atoms with Crippen LogP contribution in [0.2, 0.25) is 0 Å². The number of aromatic nitrogens is 3. The van der Waals surface area contributed by atoms with Crippen LogP contribution in [0.5, 0.6) is 0 Å². The molecule has 0 aliphatic heterocycles. The summed E-state index contributed by atoms with van der Waals surface area (Å²) in [5.41, 5.74) is 6.00. The summed E-state index contributed by atoms with van der Waals surface area (Å²) in [6.07, 6.45) is 0.737. The number of halogens is 4. The third kappa shape index (κ3) is 13.2. The molecule has 0 amide bonds. The number of carbonyl (C=O) groups excluding carboxylic acids is 1. The molecule has 70 heavy (non-hydrogen) atoms. The van der Waals surface area contributed by atoms with Crippen molar-refractivity contribution in [3.8, 4) is 0 Å². The average Bonchev–Trinajstić information content (AvgIpc) is 3.98. The molecule has 359 valence electrons. The molecule has 1 N–H and O–H groups in total. The standard InChI is InChI=1S/C16H14BrNO2S.C16H15NO3S.C16H13NO3S.B.Br3OP.Na.H/c1-12-10-15-13(11-17)6-5-9-16(15)18(12)21(19,20)14-7-3-2-4-8-14;2*1-12-10-15-13(11-18)6-5-9-16(15)17(12)21(19,20)14-7-3-2-4-8-14;;1-5(2,3)4;;/h2-10H,11H2,1H3;2-10,18H,11H2,1H3;2-11H,1H3;;;;/q;;;;;+1;-1. The quantitative estimate of drug-likeness (QED) is 0.0640. The van der Waals surface area contributed by atoms with Crippen LogP contribution in [0, 0.1) is 20.8 Å². The van der Waals surface area contributed by atoms with E-state index in [1.165, 1.54) is 11.9 Å². The van der Waals surface area contributed by atoms with E-state index in [-0.39, 0.29) is 55.8 Å². The van der Waals surface area contributed by atoms with Crippen molar-refractivity contribution in [1.29, 1.82) is 0 Å². The van der Waals surface area contributed by atoms with Crippen LogP contribution in [-0.2, 0) is 46.6 Å². The molecule has 9 rings (SSSR count). The number of aldehydes is 1. The molecule has 0 unspecified atom stereocenters. The molecule has 0 saturated carbocycles. The van der Waals surface area contributed by atoms with Crippen LogP contribution < -0.4 is 29.6 Å². The molecule has 0 bridgehead atoms. The fourth-order valence-corrected chi connectivity index (χ4v) is 12.7. The molecule has 3 radical (unpaired) electrons. The Bertz CT molecular complexity index is 3520. The molecular weight excluding hydrogens is 1240 g/mol. The second-order valence-corrected chi connectivity index (χ2v) is 39.2. The number of carbonyl (C=O) groups is 1. The topological polar surface area (TPSA) is 172 Å². The Morgan fingerprint density at radius 1 is 0.514 bits per heavy atom. The van der Waals surface area contributed by atoms with Gasteiger partial charge in [-0.05, 0) is 105 Å². The van der Waals surface area contributed by atoms with Gasteiger partial charge in [0.25, 0.3) is 33.3 Å². The first-order chi connectivity index (χ1) is 32.2. The minimum absolute atomic E-state index is 0. The number of aliphatic hydroxyl groups excluding tert-OH is 1. The van der Waals surface area contributed by atoms with Crippen LogP contribution in [0.25, 0.3) is 32.7 Å². The molecule has 0 fully saturated rings. The predicted octanol–water partition coefficient (Wildman–Crippen LogP) is 9.77. The summed E-state index contributed by atoms with van der Waals surface area (Å²) in [6, 6.07) is 46.6. The van der Waals surface area contributed by atoms with Crippen LogP contribution in [-0.4, -0.2) is 57.0 Å². The second-order valence-electron chi connectivity index (χ2n) is 14.9. The van der Waals surface area contributed by atoms with Crippen LogP contribution in [0.3, 0.4) is 0 Å². The number of hydrogen-bond donors (Lipinski definition) is 1. The van der Waals surface area contributed by atoms with Crippen molar-refractivity contribution in [3.05, 3.63) is 198 Å². The smallest absolute Gasteiger partial charge is 1.00 e. The number of aliphatic hydroxyl groups is 1. The van der Waals surface area contributed by atoms with E-state index in [1.807, 2.05) is 37.3 Å². The van der Waals surface area contributed by atoms with Gasteiger partial charge in [0.05, 0.1) is 37.8 Å². The normalized spacial score (nSPS) is 11.5. The van der Waals surface area contributed by atoms with E-state index in [9.17, 15) is 39.7 Å². The number of nitrogens with zero attached hydrogens (tertiary/aromatic N) is 3. The third-order valence-corrected chi connectivity index (χ3v) is 16.5. The molecule has 0 atom stereocenters. The summed E-state index contributed by atoms with van der Waals surface area (Å²) < 4.78 is 88.8. The van der Waals surface area contributed by atoms with Crippen molar-refractivity contribution < 1.29 is 70.7 Å². The summed E-state index contributed by atoms with van der Waals surface area (Å²) in [5.74, 6) is 0. The van der Waals surface area contributed by atoms with Crippen LogP contribution >= 0.6 is 65.6 Å². The first-order valence-electron chi connectivity index (χ1n) is 20.2. The summed E-state index contributed by atoms with van der Waals surface area (Å²) in [6.45, 7) is 5.17. The van der Waals surface area contributed by atoms with Gasteiger partial charge in [-0.1, -0.05) is 107 Å². The fraction of sp³-hybridized carbons (Fsp3) is 0.104. The summed E-state index contributed by atoms with van der Waals surface area (Å²) in [4.78, 5) is 11.9. The summed E-state index contributed by atoms with van der Waals surface area (Å²) in [7, 11) is -10.9. The summed E-state index contributed by atoms with van der Waals surface area (Å²) in [5, 5.41) is 12.5. The van der Waals surface area contributed by atoms with Crippen molar-refractivity contribution in [2.75, 3.05) is 0 Å². The molecule has 0 aliphatic carbocycles. The van der Waals surface area contributed by atoms with E-state index in [1.54, 1.807) is 147 Å². The zero-order valence-electron chi connectivity index (χ0n) is 38.9. The minimum Gasteiger partial charge on any atom is -1.00 e. The van der Waals surface area contributed by atoms with E-state index in [0.717, 1.165) is 28.2 Å². The molecule has 9 aromatic rings. The number of aryl methyl sites for hydroxylation is 3. The minimum atomic E-state index is -3.68.